The first kappa shape index (κ1) is 19.8. The summed E-state index contributed by atoms with van der Waals surface area (Å²) in [7, 11) is 1.62. The lowest BCUT2D eigenvalue weighted by molar-refractivity contribution is -0.127. The standard InChI is InChI=1S/C21H26N4O3/c1-14-3-6-18(13-23-14)25-21(27)17-9-16(11-22-12-17)20(26)24-10-15-4-7-19(28-2)8-5-15/h3-8,13,16-17,22H,9-12H2,1-2H3,(H,24,26)(H,25,27)/t16-,17+/m1/s1. The highest BCUT2D eigenvalue weighted by Gasteiger charge is 2.31. The first-order valence-electron chi connectivity index (χ1n) is 9.40. The second kappa shape index (κ2) is 9.32. The average Bonchev–Trinajstić information content (AvgIpc) is 2.74. The Hall–Kier alpha value is -2.93. The number of hydrogen-bond donors (Lipinski definition) is 3. The van der Waals surface area contributed by atoms with Gasteiger partial charge in [0.15, 0.2) is 0 Å². The lowest BCUT2D eigenvalue weighted by atomic mass is 9.89. The number of aromatic nitrogens is 1. The van der Waals surface area contributed by atoms with Crippen LogP contribution in [-0.4, -0.2) is 37.0 Å². The zero-order valence-corrected chi connectivity index (χ0v) is 16.2. The molecule has 148 valence electrons. The second-order valence-electron chi connectivity index (χ2n) is 7.03. The van der Waals surface area contributed by atoms with Gasteiger partial charge in [-0.2, -0.15) is 0 Å². The molecule has 2 heterocycles. The number of pyridine rings is 1. The van der Waals surface area contributed by atoms with E-state index in [1.54, 1.807) is 13.3 Å². The molecule has 7 nitrogen and oxygen atoms in total. The SMILES string of the molecule is COc1ccc(CNC(=O)[C@H]2CNC[C@@H](C(=O)Nc3ccc(C)nc3)C2)cc1. The zero-order valence-electron chi connectivity index (χ0n) is 16.2. The van der Waals surface area contributed by atoms with Crippen LogP contribution >= 0.6 is 0 Å². The van der Waals surface area contributed by atoms with Gasteiger partial charge in [-0.25, -0.2) is 0 Å². The molecule has 1 aliphatic heterocycles. The van der Waals surface area contributed by atoms with Crippen molar-refractivity contribution in [3.63, 3.8) is 0 Å². The van der Waals surface area contributed by atoms with Gasteiger partial charge >= 0.3 is 0 Å². The molecular weight excluding hydrogens is 356 g/mol. The molecule has 0 saturated carbocycles. The van der Waals surface area contributed by atoms with Crippen molar-refractivity contribution in [2.75, 3.05) is 25.5 Å². The Morgan fingerprint density at radius 1 is 1.11 bits per heavy atom. The van der Waals surface area contributed by atoms with E-state index >= 15 is 0 Å². The van der Waals surface area contributed by atoms with E-state index in [1.807, 2.05) is 43.3 Å². The van der Waals surface area contributed by atoms with Crippen LogP contribution in [-0.2, 0) is 16.1 Å². The topological polar surface area (TPSA) is 92.4 Å². The number of benzene rings is 1. The van der Waals surface area contributed by atoms with Gasteiger partial charge in [0.2, 0.25) is 11.8 Å². The number of amides is 2. The van der Waals surface area contributed by atoms with Crippen LogP contribution in [0.25, 0.3) is 0 Å². The summed E-state index contributed by atoms with van der Waals surface area (Å²) in [5.41, 5.74) is 2.56. The third-order valence-corrected chi connectivity index (χ3v) is 4.90. The van der Waals surface area contributed by atoms with E-state index in [2.05, 4.69) is 20.9 Å². The van der Waals surface area contributed by atoms with Crippen LogP contribution in [0.15, 0.2) is 42.6 Å². The highest BCUT2D eigenvalue weighted by atomic mass is 16.5. The molecule has 1 aromatic carbocycles. The maximum atomic E-state index is 12.5. The first-order chi connectivity index (χ1) is 13.5. The normalized spacial score (nSPS) is 18.9. The number of rotatable bonds is 6. The van der Waals surface area contributed by atoms with Crippen molar-refractivity contribution in [1.29, 1.82) is 0 Å². The number of ether oxygens (including phenoxy) is 1. The van der Waals surface area contributed by atoms with Crippen molar-refractivity contribution < 1.29 is 14.3 Å². The van der Waals surface area contributed by atoms with Crippen molar-refractivity contribution >= 4 is 17.5 Å². The number of nitrogens with zero attached hydrogens (tertiary/aromatic N) is 1. The van der Waals surface area contributed by atoms with Crippen LogP contribution in [0.4, 0.5) is 5.69 Å². The molecule has 1 fully saturated rings. The molecule has 3 rings (SSSR count). The van der Waals surface area contributed by atoms with E-state index in [-0.39, 0.29) is 23.7 Å². The fourth-order valence-corrected chi connectivity index (χ4v) is 3.20. The number of carbonyl (C=O) groups is 2. The molecule has 2 amide bonds. The highest BCUT2D eigenvalue weighted by molar-refractivity contribution is 5.93. The molecule has 1 saturated heterocycles. The molecule has 0 unspecified atom stereocenters. The molecule has 1 aromatic heterocycles. The van der Waals surface area contributed by atoms with Crippen molar-refractivity contribution in [2.24, 2.45) is 11.8 Å². The Morgan fingerprint density at radius 3 is 2.46 bits per heavy atom. The van der Waals surface area contributed by atoms with E-state index in [1.165, 1.54) is 0 Å². The number of anilines is 1. The predicted octanol–water partition coefficient (Wildman–Crippen LogP) is 1.88. The molecule has 0 aliphatic carbocycles. The van der Waals surface area contributed by atoms with Gasteiger partial charge in [-0.1, -0.05) is 12.1 Å². The summed E-state index contributed by atoms with van der Waals surface area (Å²) in [5.74, 6) is 0.151. The summed E-state index contributed by atoms with van der Waals surface area (Å²) in [5, 5.41) is 9.04. The minimum atomic E-state index is -0.258. The summed E-state index contributed by atoms with van der Waals surface area (Å²) in [4.78, 5) is 29.3. The van der Waals surface area contributed by atoms with E-state index in [0.717, 1.165) is 17.0 Å². The van der Waals surface area contributed by atoms with Crippen molar-refractivity contribution in [3.8, 4) is 5.75 Å². The van der Waals surface area contributed by atoms with E-state index in [0.29, 0.717) is 31.7 Å². The Labute approximate surface area is 164 Å². The monoisotopic (exact) mass is 382 g/mol. The molecule has 0 spiro atoms. The number of piperidine rings is 1. The Kier molecular flexibility index (Phi) is 6.60. The predicted molar refractivity (Wildman–Crippen MR) is 107 cm³/mol. The molecule has 0 bridgehead atoms. The molecule has 3 N–H and O–H groups in total. The maximum absolute atomic E-state index is 12.5. The van der Waals surface area contributed by atoms with Crippen molar-refractivity contribution in [1.82, 2.24) is 15.6 Å². The van der Waals surface area contributed by atoms with Gasteiger partial charge in [-0.3, -0.25) is 14.6 Å². The fraction of sp³-hybridized carbons (Fsp3) is 0.381. The smallest absolute Gasteiger partial charge is 0.228 e. The Morgan fingerprint density at radius 2 is 1.82 bits per heavy atom. The fourth-order valence-electron chi connectivity index (χ4n) is 3.20. The van der Waals surface area contributed by atoms with Crippen LogP contribution in [0.2, 0.25) is 0 Å². The minimum Gasteiger partial charge on any atom is -0.497 e. The van der Waals surface area contributed by atoms with Gasteiger partial charge in [0.1, 0.15) is 5.75 Å². The summed E-state index contributed by atoms with van der Waals surface area (Å²) < 4.78 is 5.14. The Bertz CT molecular complexity index is 805. The summed E-state index contributed by atoms with van der Waals surface area (Å²) in [6.45, 7) is 3.48. The number of nitrogens with one attached hydrogen (secondary N) is 3. The van der Waals surface area contributed by atoms with Crippen LogP contribution in [0.3, 0.4) is 0 Å². The average molecular weight is 382 g/mol. The summed E-state index contributed by atoms with van der Waals surface area (Å²) >= 11 is 0. The van der Waals surface area contributed by atoms with Crippen LogP contribution < -0.4 is 20.7 Å². The number of carbonyl (C=O) groups excluding carboxylic acids is 2. The van der Waals surface area contributed by atoms with Gasteiger partial charge in [0, 0.05) is 25.3 Å². The molecule has 1 aliphatic rings. The van der Waals surface area contributed by atoms with Crippen LogP contribution in [0, 0.1) is 18.8 Å². The van der Waals surface area contributed by atoms with Gasteiger partial charge in [-0.05, 0) is 43.2 Å². The first-order valence-corrected chi connectivity index (χ1v) is 9.40. The third kappa shape index (κ3) is 5.29. The maximum Gasteiger partial charge on any atom is 0.228 e. The van der Waals surface area contributed by atoms with Crippen molar-refractivity contribution in [2.45, 2.75) is 19.9 Å². The quantitative estimate of drug-likeness (QED) is 0.709. The molecule has 2 aromatic rings. The molecule has 2 atom stereocenters. The van der Waals surface area contributed by atoms with Crippen molar-refractivity contribution in [3.05, 3.63) is 53.9 Å². The zero-order chi connectivity index (χ0) is 19.9. The lowest BCUT2D eigenvalue weighted by Crippen LogP contribution is -2.47. The van der Waals surface area contributed by atoms with E-state index in [4.69, 9.17) is 4.74 Å². The van der Waals surface area contributed by atoms with Gasteiger partial charge < -0.3 is 20.7 Å². The Balaban J connectivity index is 1.50. The molecule has 7 heteroatoms. The number of hydrogen-bond acceptors (Lipinski definition) is 5. The summed E-state index contributed by atoms with van der Waals surface area (Å²) in [6, 6.07) is 11.3. The van der Waals surface area contributed by atoms with Gasteiger partial charge in [0.05, 0.1) is 30.8 Å². The number of aryl methyl sites for hydroxylation is 1. The van der Waals surface area contributed by atoms with Crippen LogP contribution in [0.5, 0.6) is 5.75 Å². The van der Waals surface area contributed by atoms with Gasteiger partial charge in [-0.15, -0.1) is 0 Å². The molecule has 0 radical (unpaired) electrons. The summed E-state index contributed by atoms with van der Waals surface area (Å²) in [6.07, 6.45) is 2.16. The van der Waals surface area contributed by atoms with Gasteiger partial charge in [0.25, 0.3) is 0 Å². The molecule has 28 heavy (non-hydrogen) atoms. The minimum absolute atomic E-state index is 0.0437. The van der Waals surface area contributed by atoms with E-state index < -0.39 is 0 Å². The largest absolute Gasteiger partial charge is 0.497 e. The third-order valence-electron chi connectivity index (χ3n) is 4.90. The van der Waals surface area contributed by atoms with E-state index in [9.17, 15) is 9.59 Å². The van der Waals surface area contributed by atoms with Crippen LogP contribution in [0.1, 0.15) is 17.7 Å². The number of methoxy groups -OCH3 is 1. The molecular formula is C21H26N4O3. The highest BCUT2D eigenvalue weighted by Crippen LogP contribution is 2.19. The lowest BCUT2D eigenvalue weighted by Gasteiger charge is -2.28. The second-order valence-corrected chi connectivity index (χ2v) is 7.03.